The summed E-state index contributed by atoms with van der Waals surface area (Å²) in [4.78, 5) is 43.4. The van der Waals surface area contributed by atoms with Crippen LogP contribution >= 0.6 is 23.1 Å². The summed E-state index contributed by atoms with van der Waals surface area (Å²) in [6, 6.07) is 0. The Bertz CT molecular complexity index is 838. The first-order valence-corrected chi connectivity index (χ1v) is 10.0. The molecule has 2 heterocycles. The number of thiazole rings is 1. The molecule has 0 unspecified atom stereocenters. The molecule has 2 rings (SSSR count). The molecule has 0 aliphatic heterocycles. The molecule has 0 bridgehead atoms. The van der Waals surface area contributed by atoms with Crippen molar-refractivity contribution in [3.05, 3.63) is 33.6 Å². The average Bonchev–Trinajstić information content (AvgIpc) is 3.10. The highest BCUT2D eigenvalue weighted by Gasteiger charge is 2.25. The molecule has 2 aromatic rings. The topological polar surface area (TPSA) is 89.1 Å². The van der Waals surface area contributed by atoms with E-state index in [1.54, 1.807) is 26.2 Å². The minimum atomic E-state index is -0.367. The zero-order chi connectivity index (χ0) is 19.4. The summed E-state index contributed by atoms with van der Waals surface area (Å²) in [5.74, 6) is -0.447. The van der Waals surface area contributed by atoms with Crippen molar-refractivity contribution in [1.82, 2.24) is 9.97 Å². The average molecular weight is 395 g/mol. The quantitative estimate of drug-likeness (QED) is 0.417. The molecule has 0 radical (unpaired) electrons. The number of ketones is 2. The Kier molecular flexibility index (Phi) is 6.77. The smallest absolute Gasteiger partial charge is 0.311 e. The number of nitrogens with one attached hydrogen (secondary N) is 1. The number of nitrogens with zero attached hydrogens (tertiary/aromatic N) is 1. The van der Waals surface area contributed by atoms with Crippen LogP contribution in [0.4, 0.5) is 0 Å². The third-order valence-electron chi connectivity index (χ3n) is 3.84. The molecule has 1 N–H and O–H groups in total. The van der Waals surface area contributed by atoms with Gasteiger partial charge < -0.3 is 9.72 Å². The van der Waals surface area contributed by atoms with Gasteiger partial charge in [0.05, 0.1) is 29.7 Å². The van der Waals surface area contributed by atoms with E-state index in [-0.39, 0.29) is 29.2 Å². The number of aromatic amines is 1. The number of esters is 1. The molecular formula is C18H22N2O4S2. The van der Waals surface area contributed by atoms with E-state index in [0.717, 1.165) is 4.34 Å². The van der Waals surface area contributed by atoms with Crippen molar-refractivity contribution in [2.75, 3.05) is 6.61 Å². The molecule has 26 heavy (non-hydrogen) atoms. The largest absolute Gasteiger partial charge is 0.466 e. The van der Waals surface area contributed by atoms with E-state index in [1.807, 2.05) is 6.92 Å². The van der Waals surface area contributed by atoms with Crippen LogP contribution in [0.3, 0.4) is 0 Å². The lowest BCUT2D eigenvalue weighted by Crippen LogP contribution is -2.15. The summed E-state index contributed by atoms with van der Waals surface area (Å²) in [5.41, 5.74) is 3.09. The number of ether oxygens (including phenoxy) is 1. The Hall–Kier alpha value is -1.93. The van der Waals surface area contributed by atoms with E-state index in [2.05, 4.69) is 9.97 Å². The van der Waals surface area contributed by atoms with Gasteiger partial charge >= 0.3 is 5.97 Å². The number of aromatic nitrogens is 2. The number of hydrogen-bond acceptors (Lipinski definition) is 7. The number of carbonyl (C=O) groups is 3. The van der Waals surface area contributed by atoms with Gasteiger partial charge in [0, 0.05) is 16.6 Å². The normalized spacial score (nSPS) is 12.0. The molecule has 6 nitrogen and oxygen atoms in total. The zero-order valence-electron chi connectivity index (χ0n) is 15.5. The van der Waals surface area contributed by atoms with Crippen LogP contribution in [0.2, 0.25) is 0 Å². The molecule has 0 aromatic carbocycles. The second-order valence-electron chi connectivity index (χ2n) is 5.89. The fraction of sp³-hybridized carbons (Fsp3) is 0.444. The fourth-order valence-corrected chi connectivity index (χ4v) is 4.76. The van der Waals surface area contributed by atoms with Crippen LogP contribution < -0.4 is 0 Å². The number of Topliss-reactive ketones (excluding diaryl/α,β-unsaturated/α-hetero) is 2. The zero-order valence-corrected chi connectivity index (χ0v) is 17.1. The second kappa shape index (κ2) is 8.64. The van der Waals surface area contributed by atoms with Crippen molar-refractivity contribution in [2.45, 2.75) is 50.6 Å². The number of carbonyl (C=O) groups excluding carboxylic acids is 3. The summed E-state index contributed by atoms with van der Waals surface area (Å²) in [6.45, 7) is 8.98. The summed E-state index contributed by atoms with van der Waals surface area (Å²) in [5, 5.41) is 1.43. The summed E-state index contributed by atoms with van der Waals surface area (Å²) < 4.78 is 5.63. The van der Waals surface area contributed by atoms with Gasteiger partial charge in [-0.05, 0) is 40.2 Å². The number of aryl methyl sites for hydroxylation is 1. The van der Waals surface area contributed by atoms with Gasteiger partial charge in [0.2, 0.25) is 0 Å². The lowest BCUT2D eigenvalue weighted by molar-refractivity contribution is -0.142. The molecule has 0 spiro atoms. The van der Waals surface area contributed by atoms with Crippen molar-refractivity contribution >= 4 is 40.6 Å². The lowest BCUT2D eigenvalue weighted by atomic mass is 10.0. The molecular weight excluding hydrogens is 372 g/mol. The van der Waals surface area contributed by atoms with E-state index in [0.29, 0.717) is 34.8 Å². The second-order valence-corrected chi connectivity index (χ2v) is 8.34. The molecule has 140 valence electrons. The predicted octanol–water partition coefficient (Wildman–Crippen LogP) is 3.76. The van der Waals surface area contributed by atoms with E-state index >= 15 is 0 Å². The maximum absolute atomic E-state index is 12.8. The molecule has 0 saturated carbocycles. The van der Waals surface area contributed by atoms with E-state index in [9.17, 15) is 14.4 Å². The van der Waals surface area contributed by atoms with Gasteiger partial charge in [-0.15, -0.1) is 11.3 Å². The SMILES string of the molecule is CCOC(=O)Cc1csc(S[C@@H](C)C(=O)c2[nH]c(C)c(C(C)=O)c2C)n1. The molecule has 0 fully saturated rings. The monoisotopic (exact) mass is 394 g/mol. The fourth-order valence-electron chi connectivity index (χ4n) is 2.72. The Labute approximate surface area is 160 Å². The highest BCUT2D eigenvalue weighted by molar-refractivity contribution is 8.02. The molecule has 0 amide bonds. The van der Waals surface area contributed by atoms with Crippen molar-refractivity contribution in [3.8, 4) is 0 Å². The van der Waals surface area contributed by atoms with Crippen LogP contribution in [-0.2, 0) is 16.0 Å². The van der Waals surface area contributed by atoms with Crippen LogP contribution in [0.5, 0.6) is 0 Å². The van der Waals surface area contributed by atoms with Gasteiger partial charge in [-0.3, -0.25) is 14.4 Å². The van der Waals surface area contributed by atoms with Crippen LogP contribution in [0.15, 0.2) is 9.72 Å². The van der Waals surface area contributed by atoms with Gasteiger partial charge in [-0.1, -0.05) is 11.8 Å². The molecule has 0 aliphatic carbocycles. The molecule has 8 heteroatoms. The number of hydrogen-bond donors (Lipinski definition) is 1. The highest BCUT2D eigenvalue weighted by Crippen LogP contribution is 2.30. The first kappa shape index (κ1) is 20.4. The third-order valence-corrected chi connectivity index (χ3v) is 5.96. The van der Waals surface area contributed by atoms with Crippen LogP contribution in [0.25, 0.3) is 0 Å². The van der Waals surface area contributed by atoms with E-state index < -0.39 is 0 Å². The maximum Gasteiger partial charge on any atom is 0.311 e. The Balaban J connectivity index is 2.08. The molecule has 1 atom stereocenters. The van der Waals surface area contributed by atoms with Gasteiger partial charge in [0.15, 0.2) is 15.9 Å². The van der Waals surface area contributed by atoms with Crippen molar-refractivity contribution in [3.63, 3.8) is 0 Å². The first-order valence-electron chi connectivity index (χ1n) is 8.25. The lowest BCUT2D eigenvalue weighted by Gasteiger charge is -2.08. The van der Waals surface area contributed by atoms with Gasteiger partial charge in [0.25, 0.3) is 0 Å². The standard InChI is InChI=1S/C18H22N2O4S2/c1-6-24-14(22)7-13-8-25-18(20-13)26-12(5)17(23)16-9(2)15(11(4)21)10(3)19-16/h8,12,19H,6-7H2,1-5H3/t12-/m0/s1. The molecule has 0 saturated heterocycles. The van der Waals surface area contributed by atoms with E-state index in [4.69, 9.17) is 4.74 Å². The summed E-state index contributed by atoms with van der Waals surface area (Å²) in [7, 11) is 0. The van der Waals surface area contributed by atoms with E-state index in [1.165, 1.54) is 30.0 Å². The minimum absolute atomic E-state index is 0.0564. The van der Waals surface area contributed by atoms with Crippen molar-refractivity contribution < 1.29 is 19.1 Å². The third kappa shape index (κ3) is 4.62. The maximum atomic E-state index is 12.8. The van der Waals surface area contributed by atoms with Crippen LogP contribution in [-0.4, -0.2) is 39.4 Å². The number of rotatable bonds is 8. The predicted molar refractivity (Wildman–Crippen MR) is 102 cm³/mol. The van der Waals surface area contributed by atoms with Crippen LogP contribution in [0, 0.1) is 13.8 Å². The van der Waals surface area contributed by atoms with Gasteiger partial charge in [-0.2, -0.15) is 0 Å². The first-order chi connectivity index (χ1) is 12.2. The van der Waals surface area contributed by atoms with Crippen molar-refractivity contribution in [1.29, 1.82) is 0 Å². The Morgan fingerprint density at radius 2 is 2.04 bits per heavy atom. The molecule has 0 aliphatic rings. The Morgan fingerprint density at radius 1 is 1.35 bits per heavy atom. The summed E-state index contributed by atoms with van der Waals surface area (Å²) in [6.07, 6.45) is 0.129. The highest BCUT2D eigenvalue weighted by atomic mass is 32.2. The van der Waals surface area contributed by atoms with Crippen LogP contribution in [0.1, 0.15) is 58.6 Å². The summed E-state index contributed by atoms with van der Waals surface area (Å²) >= 11 is 2.74. The van der Waals surface area contributed by atoms with Gasteiger partial charge in [-0.25, -0.2) is 4.98 Å². The van der Waals surface area contributed by atoms with Gasteiger partial charge in [0.1, 0.15) is 0 Å². The van der Waals surface area contributed by atoms with Crippen molar-refractivity contribution in [2.24, 2.45) is 0 Å². The number of thioether (sulfide) groups is 1. The minimum Gasteiger partial charge on any atom is -0.466 e. The number of H-pyrrole nitrogens is 1. The molecule has 2 aromatic heterocycles. The Morgan fingerprint density at radius 3 is 2.62 bits per heavy atom.